The molecule has 0 unspecified atom stereocenters. The average molecular weight is 285 g/mol. The quantitative estimate of drug-likeness (QED) is 0.847. The first-order valence-corrected chi connectivity index (χ1v) is 7.88. The number of hydrogen-bond acceptors (Lipinski definition) is 4. The highest BCUT2D eigenvalue weighted by atomic mass is 15.2. The molecule has 0 amide bonds. The molecule has 112 valence electrons. The van der Waals surface area contributed by atoms with E-state index in [9.17, 15) is 0 Å². The highest BCUT2D eigenvalue weighted by Crippen LogP contribution is 2.30. The van der Waals surface area contributed by atoms with Crippen molar-refractivity contribution in [3.05, 3.63) is 42.5 Å². The zero-order chi connectivity index (χ0) is 14.5. The van der Waals surface area contributed by atoms with E-state index in [0.717, 1.165) is 37.6 Å². The van der Waals surface area contributed by atoms with Crippen molar-refractivity contribution in [1.29, 1.82) is 0 Å². The van der Waals surface area contributed by atoms with Crippen LogP contribution in [0.4, 0.5) is 0 Å². The first-order chi connectivity index (χ1) is 10.4. The van der Waals surface area contributed by atoms with E-state index in [1.165, 1.54) is 19.3 Å². The predicted molar refractivity (Wildman–Crippen MR) is 81.6 cm³/mol. The van der Waals surface area contributed by atoms with Gasteiger partial charge in [0.15, 0.2) is 0 Å². The lowest BCUT2D eigenvalue weighted by Crippen LogP contribution is -2.34. The van der Waals surface area contributed by atoms with Crippen LogP contribution in [0.2, 0.25) is 0 Å². The fourth-order valence-electron chi connectivity index (χ4n) is 3.13. The maximum atomic E-state index is 4.55. The van der Waals surface area contributed by atoms with Crippen molar-refractivity contribution in [2.24, 2.45) is 0 Å². The van der Waals surface area contributed by atoms with E-state index < -0.39 is 0 Å². The number of rotatable bonds is 5. The summed E-state index contributed by atoms with van der Waals surface area (Å²) in [5, 5.41) is 0. The summed E-state index contributed by atoms with van der Waals surface area (Å²) in [6, 6.07) is 2.44. The fourth-order valence-corrected chi connectivity index (χ4v) is 3.13. The minimum atomic E-state index is 0.397. The normalized spacial score (nSPS) is 19.8. The van der Waals surface area contributed by atoms with Gasteiger partial charge in [-0.25, -0.2) is 15.0 Å². The van der Waals surface area contributed by atoms with E-state index >= 15 is 0 Å². The molecule has 5 heteroatoms. The van der Waals surface area contributed by atoms with Crippen molar-refractivity contribution in [3.63, 3.8) is 0 Å². The zero-order valence-corrected chi connectivity index (χ0v) is 12.6. The summed E-state index contributed by atoms with van der Waals surface area (Å²) in [5.74, 6) is 1.16. The van der Waals surface area contributed by atoms with Crippen molar-refractivity contribution in [2.45, 2.75) is 51.7 Å². The monoisotopic (exact) mass is 285 g/mol. The first-order valence-electron chi connectivity index (χ1n) is 7.88. The molecule has 5 nitrogen and oxygen atoms in total. The van der Waals surface area contributed by atoms with Crippen LogP contribution in [0.15, 0.2) is 31.0 Å². The number of likely N-dealkylation sites (tertiary alicyclic amines) is 1. The molecule has 0 aromatic carbocycles. The number of piperidine rings is 1. The molecule has 1 fully saturated rings. The number of imidazole rings is 1. The maximum Gasteiger partial charge on any atom is 0.122 e. The SMILES string of the molecule is CCCn1ccnc1CN1CCCC[C@@H]1c1ccncn1. The number of aromatic nitrogens is 4. The van der Waals surface area contributed by atoms with Gasteiger partial charge in [-0.2, -0.15) is 0 Å². The largest absolute Gasteiger partial charge is 0.334 e. The Morgan fingerprint density at radius 3 is 3.00 bits per heavy atom. The van der Waals surface area contributed by atoms with Gasteiger partial charge in [-0.1, -0.05) is 13.3 Å². The van der Waals surface area contributed by atoms with E-state index in [0.29, 0.717) is 6.04 Å². The molecule has 0 spiro atoms. The van der Waals surface area contributed by atoms with E-state index in [2.05, 4.69) is 37.5 Å². The molecular weight excluding hydrogens is 262 g/mol. The van der Waals surface area contributed by atoms with Crippen LogP contribution in [-0.4, -0.2) is 31.0 Å². The fraction of sp³-hybridized carbons (Fsp3) is 0.562. The van der Waals surface area contributed by atoms with Crippen molar-refractivity contribution in [3.8, 4) is 0 Å². The molecular formula is C16H23N5. The lowest BCUT2D eigenvalue weighted by atomic mass is 9.99. The lowest BCUT2D eigenvalue weighted by molar-refractivity contribution is 0.132. The molecule has 1 atom stereocenters. The summed E-state index contributed by atoms with van der Waals surface area (Å²) in [6.07, 6.45) is 12.3. The minimum Gasteiger partial charge on any atom is -0.334 e. The number of nitrogens with zero attached hydrogens (tertiary/aromatic N) is 5. The van der Waals surface area contributed by atoms with Crippen LogP contribution >= 0.6 is 0 Å². The highest BCUT2D eigenvalue weighted by Gasteiger charge is 2.25. The van der Waals surface area contributed by atoms with Crippen LogP contribution in [0, 0.1) is 0 Å². The molecule has 3 rings (SSSR count). The highest BCUT2D eigenvalue weighted by molar-refractivity contribution is 5.07. The van der Waals surface area contributed by atoms with Crippen molar-refractivity contribution in [1.82, 2.24) is 24.4 Å². The van der Waals surface area contributed by atoms with E-state index in [4.69, 9.17) is 0 Å². The Labute approximate surface area is 126 Å². The third kappa shape index (κ3) is 3.29. The zero-order valence-electron chi connectivity index (χ0n) is 12.6. The number of aryl methyl sites for hydroxylation is 1. The smallest absolute Gasteiger partial charge is 0.122 e. The minimum absolute atomic E-state index is 0.397. The molecule has 1 aliphatic rings. The molecule has 2 aromatic heterocycles. The molecule has 0 bridgehead atoms. The predicted octanol–water partition coefficient (Wildman–Crippen LogP) is 2.81. The van der Waals surface area contributed by atoms with Gasteiger partial charge < -0.3 is 4.57 Å². The summed E-state index contributed by atoms with van der Waals surface area (Å²) < 4.78 is 2.27. The lowest BCUT2D eigenvalue weighted by Gasteiger charge is -2.35. The van der Waals surface area contributed by atoms with Gasteiger partial charge in [0.05, 0.1) is 18.3 Å². The topological polar surface area (TPSA) is 46.8 Å². The summed E-state index contributed by atoms with van der Waals surface area (Å²) in [4.78, 5) is 15.6. The Balaban J connectivity index is 1.77. The average Bonchev–Trinajstić information content (AvgIpc) is 2.96. The van der Waals surface area contributed by atoms with Crippen LogP contribution in [0.5, 0.6) is 0 Å². The van der Waals surface area contributed by atoms with Gasteiger partial charge in [0.25, 0.3) is 0 Å². The third-order valence-electron chi connectivity index (χ3n) is 4.17. The van der Waals surface area contributed by atoms with Crippen LogP contribution in [0.1, 0.15) is 50.2 Å². The summed E-state index contributed by atoms with van der Waals surface area (Å²) >= 11 is 0. The van der Waals surface area contributed by atoms with Crippen molar-refractivity contribution in [2.75, 3.05) is 6.54 Å². The molecule has 2 aromatic rings. The second kappa shape index (κ2) is 6.80. The second-order valence-corrected chi connectivity index (χ2v) is 5.65. The van der Waals surface area contributed by atoms with Gasteiger partial charge in [-0.3, -0.25) is 4.90 Å². The Morgan fingerprint density at radius 1 is 1.24 bits per heavy atom. The van der Waals surface area contributed by atoms with Gasteiger partial charge >= 0.3 is 0 Å². The van der Waals surface area contributed by atoms with E-state index in [-0.39, 0.29) is 0 Å². The standard InChI is InChI=1S/C16H23N5/c1-2-9-20-11-8-18-16(20)12-21-10-4-3-5-15(21)14-6-7-17-13-19-14/h6-8,11,13,15H,2-5,9-10,12H2,1H3/t15-/m1/s1. The summed E-state index contributed by atoms with van der Waals surface area (Å²) in [6.45, 7) is 5.27. The Morgan fingerprint density at radius 2 is 2.19 bits per heavy atom. The Kier molecular flexibility index (Phi) is 4.60. The maximum absolute atomic E-state index is 4.55. The van der Waals surface area contributed by atoms with E-state index in [1.54, 1.807) is 6.33 Å². The summed E-state index contributed by atoms with van der Waals surface area (Å²) in [7, 11) is 0. The van der Waals surface area contributed by atoms with Crippen molar-refractivity contribution >= 4 is 0 Å². The Bertz CT molecular complexity index is 551. The first kappa shape index (κ1) is 14.2. The van der Waals surface area contributed by atoms with Gasteiger partial charge in [0.1, 0.15) is 12.2 Å². The molecule has 21 heavy (non-hydrogen) atoms. The molecule has 3 heterocycles. The molecule has 0 saturated carbocycles. The second-order valence-electron chi connectivity index (χ2n) is 5.65. The van der Waals surface area contributed by atoms with Crippen LogP contribution in [0.3, 0.4) is 0 Å². The number of hydrogen-bond donors (Lipinski definition) is 0. The molecule has 1 saturated heterocycles. The molecule has 1 aliphatic heterocycles. The van der Waals surface area contributed by atoms with Gasteiger partial charge in [-0.15, -0.1) is 0 Å². The molecule has 0 N–H and O–H groups in total. The Hall–Kier alpha value is -1.75. The van der Waals surface area contributed by atoms with E-state index in [1.807, 2.05) is 18.5 Å². The summed E-state index contributed by atoms with van der Waals surface area (Å²) in [5.41, 5.74) is 1.14. The third-order valence-corrected chi connectivity index (χ3v) is 4.17. The van der Waals surface area contributed by atoms with Gasteiger partial charge in [-0.05, 0) is 31.9 Å². The van der Waals surface area contributed by atoms with Crippen LogP contribution in [-0.2, 0) is 13.1 Å². The van der Waals surface area contributed by atoms with Crippen LogP contribution < -0.4 is 0 Å². The van der Waals surface area contributed by atoms with Crippen LogP contribution in [0.25, 0.3) is 0 Å². The molecule has 0 aliphatic carbocycles. The molecule has 0 radical (unpaired) electrons. The van der Waals surface area contributed by atoms with Gasteiger partial charge in [0, 0.05) is 25.1 Å². The van der Waals surface area contributed by atoms with Gasteiger partial charge in [0.2, 0.25) is 0 Å². The van der Waals surface area contributed by atoms with Crippen molar-refractivity contribution < 1.29 is 0 Å².